The number of anilines is 1. The van der Waals surface area contributed by atoms with Gasteiger partial charge in [-0.05, 0) is 24.3 Å². The number of hydrogen-bond acceptors (Lipinski definition) is 6. The van der Waals surface area contributed by atoms with Crippen molar-refractivity contribution in [3.63, 3.8) is 0 Å². The van der Waals surface area contributed by atoms with Gasteiger partial charge in [0.25, 0.3) is 10.0 Å². The van der Waals surface area contributed by atoms with Crippen molar-refractivity contribution >= 4 is 15.7 Å². The van der Waals surface area contributed by atoms with Crippen molar-refractivity contribution in [2.45, 2.75) is 11.4 Å². The second-order valence-corrected chi connectivity index (χ2v) is 7.78. The van der Waals surface area contributed by atoms with Crippen LogP contribution in [0, 0.1) is 0 Å². The van der Waals surface area contributed by atoms with Crippen molar-refractivity contribution in [1.82, 2.24) is 24.5 Å². The monoisotopic (exact) mass is 410 g/mol. The molecule has 0 amide bonds. The van der Waals surface area contributed by atoms with Crippen molar-refractivity contribution in [3.05, 3.63) is 79.6 Å². The van der Waals surface area contributed by atoms with Gasteiger partial charge in [0.15, 0.2) is 0 Å². The van der Waals surface area contributed by atoms with Gasteiger partial charge in [0.2, 0.25) is 0 Å². The lowest BCUT2D eigenvalue weighted by atomic mass is 10.3. The summed E-state index contributed by atoms with van der Waals surface area (Å²) in [6, 6.07) is 16.0. The van der Waals surface area contributed by atoms with Gasteiger partial charge in [-0.2, -0.15) is 10.2 Å². The number of hydrogen-bond donors (Lipinski definition) is 1. The third-order valence-electron chi connectivity index (χ3n) is 4.03. The van der Waals surface area contributed by atoms with Gasteiger partial charge < -0.3 is 4.74 Å². The number of benzene rings is 2. The van der Waals surface area contributed by atoms with Crippen LogP contribution in [0.2, 0.25) is 0 Å². The van der Waals surface area contributed by atoms with Crippen molar-refractivity contribution in [2.24, 2.45) is 0 Å². The van der Waals surface area contributed by atoms with Crippen molar-refractivity contribution in [2.75, 3.05) is 11.3 Å². The van der Waals surface area contributed by atoms with E-state index in [9.17, 15) is 8.42 Å². The van der Waals surface area contributed by atoms with Crippen molar-refractivity contribution in [1.29, 1.82) is 0 Å². The minimum atomic E-state index is -3.78. The van der Waals surface area contributed by atoms with E-state index >= 15 is 0 Å². The van der Waals surface area contributed by atoms with E-state index in [2.05, 4.69) is 19.9 Å². The van der Waals surface area contributed by atoms with Gasteiger partial charge in [-0.1, -0.05) is 24.3 Å². The Bertz CT molecular complexity index is 1170. The van der Waals surface area contributed by atoms with Gasteiger partial charge in [0.05, 0.1) is 30.3 Å². The van der Waals surface area contributed by atoms with Crippen LogP contribution in [0.25, 0.3) is 5.69 Å². The second kappa shape index (κ2) is 8.15. The predicted octanol–water partition coefficient (Wildman–Crippen LogP) is 2.34. The third-order valence-corrected chi connectivity index (χ3v) is 5.37. The zero-order chi connectivity index (χ0) is 20.1. The fraction of sp³-hybridized carbons (Fsp3) is 0.105. The summed E-state index contributed by atoms with van der Waals surface area (Å²) in [5.41, 5.74) is 1.17. The van der Waals surface area contributed by atoms with Gasteiger partial charge in [-0.15, -0.1) is 0 Å². The Labute approximate surface area is 167 Å². The fourth-order valence-electron chi connectivity index (χ4n) is 2.64. The third kappa shape index (κ3) is 4.61. The molecule has 1 N–H and O–H groups in total. The van der Waals surface area contributed by atoms with Gasteiger partial charge in [-0.25, -0.2) is 22.8 Å². The van der Waals surface area contributed by atoms with Crippen LogP contribution in [0.4, 0.5) is 5.69 Å². The molecule has 0 aliphatic rings. The number of aromatic nitrogens is 5. The largest absolute Gasteiger partial charge is 0.492 e. The summed E-state index contributed by atoms with van der Waals surface area (Å²) in [5, 5.41) is 8.13. The van der Waals surface area contributed by atoms with Gasteiger partial charge in [0.1, 0.15) is 29.9 Å². The molecule has 0 atom stereocenters. The standard InChI is InChI=1S/C19H18N6O3S/c26-29(27,19-12-21-25(13-19)17-6-2-1-3-7-17)23-16-5-4-8-18(11-16)28-10-9-24-15-20-14-22-24/h1-8,11-15,23H,9-10H2. The quantitative estimate of drug-likeness (QED) is 0.478. The zero-order valence-corrected chi connectivity index (χ0v) is 16.1. The summed E-state index contributed by atoms with van der Waals surface area (Å²) in [6.45, 7) is 0.915. The topological polar surface area (TPSA) is 104 Å². The summed E-state index contributed by atoms with van der Waals surface area (Å²) in [4.78, 5) is 3.93. The highest BCUT2D eigenvalue weighted by Crippen LogP contribution is 2.21. The van der Waals surface area contributed by atoms with Crippen LogP contribution in [0.1, 0.15) is 0 Å². The molecule has 2 aromatic carbocycles. The molecule has 0 unspecified atom stereocenters. The highest BCUT2D eigenvalue weighted by Gasteiger charge is 2.17. The molecule has 9 nitrogen and oxygen atoms in total. The first-order valence-electron chi connectivity index (χ1n) is 8.78. The maximum atomic E-state index is 12.7. The van der Waals surface area contributed by atoms with Gasteiger partial charge in [0, 0.05) is 6.07 Å². The summed E-state index contributed by atoms with van der Waals surface area (Å²) >= 11 is 0. The first-order valence-corrected chi connectivity index (χ1v) is 10.3. The summed E-state index contributed by atoms with van der Waals surface area (Å²) in [5.74, 6) is 0.547. The van der Waals surface area contributed by atoms with Crippen molar-refractivity contribution < 1.29 is 13.2 Å². The molecule has 0 saturated heterocycles. The van der Waals surface area contributed by atoms with Crippen LogP contribution in [0.3, 0.4) is 0 Å². The molecule has 2 aromatic heterocycles. The molecule has 0 bridgehead atoms. The highest BCUT2D eigenvalue weighted by atomic mass is 32.2. The van der Waals surface area contributed by atoms with Crippen LogP contribution >= 0.6 is 0 Å². The van der Waals surface area contributed by atoms with Crippen LogP contribution in [-0.2, 0) is 16.6 Å². The molecule has 0 radical (unpaired) electrons. The lowest BCUT2D eigenvalue weighted by molar-refractivity contribution is 0.291. The maximum Gasteiger partial charge on any atom is 0.265 e. The number of sulfonamides is 1. The number of ether oxygens (including phenoxy) is 1. The molecule has 0 saturated carbocycles. The average molecular weight is 410 g/mol. The van der Waals surface area contributed by atoms with E-state index in [1.165, 1.54) is 23.4 Å². The van der Waals surface area contributed by atoms with E-state index in [-0.39, 0.29) is 4.90 Å². The van der Waals surface area contributed by atoms with E-state index in [0.29, 0.717) is 24.6 Å². The Balaban J connectivity index is 1.43. The Morgan fingerprint density at radius 3 is 2.69 bits per heavy atom. The molecule has 4 aromatic rings. The van der Waals surface area contributed by atoms with Crippen LogP contribution in [0.5, 0.6) is 5.75 Å². The molecular weight excluding hydrogens is 392 g/mol. The maximum absolute atomic E-state index is 12.7. The Kier molecular flexibility index (Phi) is 5.25. The lowest BCUT2D eigenvalue weighted by Crippen LogP contribution is -2.12. The molecule has 0 fully saturated rings. The first-order chi connectivity index (χ1) is 14.1. The minimum absolute atomic E-state index is 0.0684. The zero-order valence-electron chi connectivity index (χ0n) is 15.3. The van der Waals surface area contributed by atoms with E-state index < -0.39 is 10.0 Å². The average Bonchev–Trinajstić information content (AvgIpc) is 3.41. The Hall–Kier alpha value is -3.66. The van der Waals surface area contributed by atoms with E-state index in [1.54, 1.807) is 35.3 Å². The molecule has 0 aliphatic heterocycles. The molecule has 10 heteroatoms. The predicted molar refractivity (Wildman–Crippen MR) is 106 cm³/mol. The van der Waals surface area contributed by atoms with E-state index in [1.807, 2.05) is 30.3 Å². The normalized spacial score (nSPS) is 11.3. The number of para-hydroxylation sites is 1. The molecule has 0 spiro atoms. The number of nitrogens with one attached hydrogen (secondary N) is 1. The summed E-state index contributed by atoms with van der Waals surface area (Å²) in [6.07, 6.45) is 5.84. The van der Waals surface area contributed by atoms with Gasteiger partial charge in [-0.3, -0.25) is 4.72 Å². The number of nitrogens with zero attached hydrogens (tertiary/aromatic N) is 5. The highest BCUT2D eigenvalue weighted by molar-refractivity contribution is 7.92. The van der Waals surface area contributed by atoms with Crippen LogP contribution in [0.15, 0.2) is 84.5 Å². The smallest absolute Gasteiger partial charge is 0.265 e. The lowest BCUT2D eigenvalue weighted by Gasteiger charge is -2.10. The SMILES string of the molecule is O=S(=O)(Nc1cccc(OCCn2cncn2)c1)c1cnn(-c2ccccc2)c1. The minimum Gasteiger partial charge on any atom is -0.492 e. The van der Waals surface area contributed by atoms with Gasteiger partial charge >= 0.3 is 0 Å². The Morgan fingerprint density at radius 2 is 1.90 bits per heavy atom. The summed E-state index contributed by atoms with van der Waals surface area (Å²) in [7, 11) is -3.78. The first kappa shape index (κ1) is 18.7. The molecule has 0 aliphatic carbocycles. The van der Waals surface area contributed by atoms with E-state index in [0.717, 1.165) is 5.69 Å². The molecule has 29 heavy (non-hydrogen) atoms. The molecule has 2 heterocycles. The number of rotatable bonds is 8. The molecule has 148 valence electrons. The molecular formula is C19H18N6O3S. The Morgan fingerprint density at radius 1 is 1.03 bits per heavy atom. The second-order valence-electron chi connectivity index (χ2n) is 6.10. The fourth-order valence-corrected chi connectivity index (χ4v) is 3.62. The van der Waals surface area contributed by atoms with Crippen molar-refractivity contribution in [3.8, 4) is 11.4 Å². The molecule has 4 rings (SSSR count). The van der Waals surface area contributed by atoms with E-state index in [4.69, 9.17) is 4.74 Å². The van der Waals surface area contributed by atoms with Crippen LogP contribution < -0.4 is 9.46 Å². The summed E-state index contributed by atoms with van der Waals surface area (Å²) < 4.78 is 36.8. The van der Waals surface area contributed by atoms with Crippen LogP contribution in [-0.4, -0.2) is 39.6 Å².